The first-order valence-corrected chi connectivity index (χ1v) is 5.71. The second-order valence-corrected chi connectivity index (χ2v) is 4.01. The van der Waals surface area contributed by atoms with Gasteiger partial charge >= 0.3 is 0 Å². The predicted octanol–water partition coefficient (Wildman–Crippen LogP) is 2.08. The molecule has 0 fully saturated rings. The molecule has 1 aromatic rings. The van der Waals surface area contributed by atoms with E-state index in [-0.39, 0.29) is 0 Å². The van der Waals surface area contributed by atoms with Gasteiger partial charge in [-0.3, -0.25) is 0 Å². The Morgan fingerprint density at radius 2 is 2.06 bits per heavy atom. The molecule has 0 saturated heterocycles. The summed E-state index contributed by atoms with van der Waals surface area (Å²) in [7, 11) is 3.66. The molecule has 4 nitrogen and oxygen atoms in total. The number of rotatable bonds is 5. The lowest BCUT2D eigenvalue weighted by Gasteiger charge is -2.20. The van der Waals surface area contributed by atoms with E-state index < -0.39 is 0 Å². The minimum absolute atomic E-state index is 0.533. The number of anilines is 1. The molecule has 0 N–H and O–H groups in total. The molecule has 90 valence electrons. The highest BCUT2D eigenvalue weighted by molar-refractivity contribution is 6.30. The van der Waals surface area contributed by atoms with Gasteiger partial charge in [0.1, 0.15) is 16.8 Å². The number of methoxy groups -OCH3 is 1. The normalized spacial score (nSPS) is 10.6. The average molecular weight is 244 g/mol. The Kier molecular flexibility index (Phi) is 4.96. The van der Waals surface area contributed by atoms with Crippen LogP contribution < -0.4 is 4.90 Å². The van der Waals surface area contributed by atoms with Crippen molar-refractivity contribution in [3.8, 4) is 0 Å². The number of ether oxygens (including phenoxy) is 1. The molecule has 0 aliphatic rings. The first kappa shape index (κ1) is 13.2. The van der Waals surface area contributed by atoms with Gasteiger partial charge in [0.2, 0.25) is 0 Å². The van der Waals surface area contributed by atoms with Gasteiger partial charge in [-0.25, -0.2) is 9.97 Å². The van der Waals surface area contributed by atoms with Crippen molar-refractivity contribution in [2.24, 2.45) is 0 Å². The van der Waals surface area contributed by atoms with E-state index in [9.17, 15) is 0 Å². The van der Waals surface area contributed by atoms with E-state index >= 15 is 0 Å². The number of hydrogen-bond acceptors (Lipinski definition) is 4. The molecule has 0 aromatic carbocycles. The molecule has 0 bridgehead atoms. The molecule has 0 aliphatic carbocycles. The molecule has 16 heavy (non-hydrogen) atoms. The maximum atomic E-state index is 6.07. The molecule has 0 spiro atoms. The highest BCUT2D eigenvalue weighted by Crippen LogP contribution is 2.22. The highest BCUT2D eigenvalue weighted by atomic mass is 35.5. The third-order valence-electron chi connectivity index (χ3n) is 2.42. The van der Waals surface area contributed by atoms with Crippen LogP contribution in [0, 0.1) is 6.92 Å². The van der Waals surface area contributed by atoms with Gasteiger partial charge in [-0.05, 0) is 6.92 Å². The summed E-state index contributed by atoms with van der Waals surface area (Å²) in [6.07, 6.45) is 0.783. The van der Waals surface area contributed by atoms with E-state index in [2.05, 4.69) is 9.97 Å². The first-order valence-electron chi connectivity index (χ1n) is 5.33. The maximum Gasteiger partial charge on any atom is 0.137 e. The Balaban J connectivity index is 2.97. The summed E-state index contributed by atoms with van der Waals surface area (Å²) in [4.78, 5) is 10.7. The molecule has 0 radical (unpaired) electrons. The SMILES string of the molecule is CCc1nc(Cl)c(C)c(N(C)CCOC)n1. The van der Waals surface area contributed by atoms with Crippen LogP contribution in [0.4, 0.5) is 5.82 Å². The second-order valence-electron chi connectivity index (χ2n) is 3.65. The van der Waals surface area contributed by atoms with Crippen LogP contribution >= 0.6 is 11.6 Å². The van der Waals surface area contributed by atoms with Gasteiger partial charge in [0.05, 0.1) is 6.61 Å². The summed E-state index contributed by atoms with van der Waals surface area (Å²) in [6, 6.07) is 0. The van der Waals surface area contributed by atoms with Crippen molar-refractivity contribution in [1.82, 2.24) is 9.97 Å². The van der Waals surface area contributed by atoms with E-state index in [1.807, 2.05) is 25.8 Å². The Bertz CT molecular complexity index is 357. The molecular weight excluding hydrogens is 226 g/mol. The highest BCUT2D eigenvalue weighted by Gasteiger charge is 2.12. The maximum absolute atomic E-state index is 6.07. The van der Waals surface area contributed by atoms with Crippen LogP contribution in [0.25, 0.3) is 0 Å². The molecule has 0 atom stereocenters. The third-order valence-corrected chi connectivity index (χ3v) is 2.78. The first-order chi connectivity index (χ1) is 7.60. The van der Waals surface area contributed by atoms with Gasteiger partial charge in [-0.15, -0.1) is 0 Å². The van der Waals surface area contributed by atoms with Gasteiger partial charge in [-0.1, -0.05) is 18.5 Å². The third kappa shape index (κ3) is 3.06. The molecule has 1 heterocycles. The molecule has 5 heteroatoms. The summed E-state index contributed by atoms with van der Waals surface area (Å²) in [5.74, 6) is 1.66. The summed E-state index contributed by atoms with van der Waals surface area (Å²) in [6.45, 7) is 5.40. The van der Waals surface area contributed by atoms with Crippen LogP contribution in [0.15, 0.2) is 0 Å². The smallest absolute Gasteiger partial charge is 0.137 e. The number of hydrogen-bond donors (Lipinski definition) is 0. The topological polar surface area (TPSA) is 38.2 Å². The standard InChI is InChI=1S/C11H18ClN3O/c1-5-9-13-10(12)8(2)11(14-9)15(3)6-7-16-4/h5-7H2,1-4H3. The van der Waals surface area contributed by atoms with Crippen molar-refractivity contribution >= 4 is 17.4 Å². The summed E-state index contributed by atoms with van der Waals surface area (Å²) >= 11 is 6.07. The van der Waals surface area contributed by atoms with Crippen molar-refractivity contribution in [2.75, 3.05) is 32.2 Å². The van der Waals surface area contributed by atoms with E-state index in [1.165, 1.54) is 0 Å². The zero-order valence-electron chi connectivity index (χ0n) is 10.2. The lowest BCUT2D eigenvalue weighted by molar-refractivity contribution is 0.206. The lowest BCUT2D eigenvalue weighted by atomic mass is 10.3. The van der Waals surface area contributed by atoms with Crippen molar-refractivity contribution < 1.29 is 4.74 Å². The molecular formula is C11H18ClN3O. The van der Waals surface area contributed by atoms with E-state index in [0.29, 0.717) is 11.8 Å². The molecule has 0 saturated carbocycles. The number of likely N-dealkylation sites (N-methyl/N-ethyl adjacent to an activating group) is 1. The number of nitrogens with zero attached hydrogens (tertiary/aromatic N) is 3. The minimum atomic E-state index is 0.533. The van der Waals surface area contributed by atoms with Crippen molar-refractivity contribution in [3.05, 3.63) is 16.5 Å². The van der Waals surface area contributed by atoms with Gasteiger partial charge in [0.15, 0.2) is 0 Å². The van der Waals surface area contributed by atoms with Crippen LogP contribution in [-0.2, 0) is 11.2 Å². The summed E-state index contributed by atoms with van der Waals surface area (Å²) < 4.78 is 5.04. The predicted molar refractivity (Wildman–Crippen MR) is 66.3 cm³/mol. The van der Waals surface area contributed by atoms with Crippen molar-refractivity contribution in [1.29, 1.82) is 0 Å². The monoisotopic (exact) mass is 243 g/mol. The lowest BCUT2D eigenvalue weighted by Crippen LogP contribution is -2.24. The fourth-order valence-electron chi connectivity index (χ4n) is 1.38. The Morgan fingerprint density at radius 1 is 1.38 bits per heavy atom. The molecule has 1 rings (SSSR count). The van der Waals surface area contributed by atoms with Gasteiger partial charge < -0.3 is 9.64 Å². The van der Waals surface area contributed by atoms with E-state index in [1.54, 1.807) is 7.11 Å². The zero-order chi connectivity index (χ0) is 12.1. The van der Waals surface area contributed by atoms with Crippen LogP contribution in [0.5, 0.6) is 0 Å². The molecule has 1 aromatic heterocycles. The number of halogens is 1. The van der Waals surface area contributed by atoms with E-state index in [0.717, 1.165) is 30.2 Å². The Labute approximate surface area is 102 Å². The van der Waals surface area contributed by atoms with E-state index in [4.69, 9.17) is 16.3 Å². The summed E-state index contributed by atoms with van der Waals surface area (Å²) in [5.41, 5.74) is 0.914. The van der Waals surface area contributed by atoms with Gasteiger partial charge in [-0.2, -0.15) is 0 Å². The zero-order valence-corrected chi connectivity index (χ0v) is 11.0. The van der Waals surface area contributed by atoms with Gasteiger partial charge in [0, 0.05) is 32.7 Å². The van der Waals surface area contributed by atoms with Crippen LogP contribution in [0.1, 0.15) is 18.3 Å². The fourth-order valence-corrected chi connectivity index (χ4v) is 1.57. The Hall–Kier alpha value is -0.870. The van der Waals surface area contributed by atoms with Crippen molar-refractivity contribution in [3.63, 3.8) is 0 Å². The molecule has 0 unspecified atom stereocenters. The van der Waals surface area contributed by atoms with Crippen LogP contribution in [-0.4, -0.2) is 37.3 Å². The molecule has 0 amide bonds. The van der Waals surface area contributed by atoms with Gasteiger partial charge in [0.25, 0.3) is 0 Å². The number of aromatic nitrogens is 2. The fraction of sp³-hybridized carbons (Fsp3) is 0.636. The van der Waals surface area contributed by atoms with Crippen LogP contribution in [0.3, 0.4) is 0 Å². The minimum Gasteiger partial charge on any atom is -0.383 e. The Morgan fingerprint density at radius 3 is 2.62 bits per heavy atom. The largest absolute Gasteiger partial charge is 0.383 e. The summed E-state index contributed by atoms with van der Waals surface area (Å²) in [5, 5.41) is 0.533. The quantitative estimate of drug-likeness (QED) is 0.743. The number of aryl methyl sites for hydroxylation is 1. The van der Waals surface area contributed by atoms with Crippen molar-refractivity contribution in [2.45, 2.75) is 20.3 Å². The average Bonchev–Trinajstić information content (AvgIpc) is 2.29. The molecule has 0 aliphatic heterocycles. The van der Waals surface area contributed by atoms with Crippen LogP contribution in [0.2, 0.25) is 5.15 Å². The second kappa shape index (κ2) is 6.01.